The minimum Gasteiger partial charge on any atom is -0.336 e. The molecule has 174 valence electrons. The molecule has 6 aromatic heterocycles. The zero-order valence-corrected chi connectivity index (χ0v) is 20.3. The smallest absolute Gasteiger partial charge is 0.159 e. The maximum Gasteiger partial charge on any atom is 0.159 e. The Morgan fingerprint density at radius 3 is 2.80 bits per heavy atom. The molecule has 0 atom stereocenters. The van der Waals surface area contributed by atoms with Crippen molar-refractivity contribution in [2.24, 2.45) is 0 Å². The Morgan fingerprint density at radius 2 is 1.94 bits per heavy atom. The molecule has 0 bridgehead atoms. The molecule has 0 amide bonds. The second-order valence-corrected chi connectivity index (χ2v) is 9.74. The monoisotopic (exact) mass is 480 g/mol. The minimum atomic E-state index is 0.699. The zero-order valence-electron chi connectivity index (χ0n) is 19.5. The van der Waals surface area contributed by atoms with Crippen LogP contribution in [-0.4, -0.2) is 60.7 Å². The Hall–Kier alpha value is -3.95. The molecule has 6 heterocycles. The van der Waals surface area contributed by atoms with Crippen LogP contribution < -0.4 is 0 Å². The van der Waals surface area contributed by atoms with Gasteiger partial charge < -0.3 is 9.88 Å². The van der Waals surface area contributed by atoms with Crippen LogP contribution in [0.2, 0.25) is 0 Å². The highest BCUT2D eigenvalue weighted by Gasteiger charge is 2.17. The summed E-state index contributed by atoms with van der Waals surface area (Å²) in [6, 6.07) is 10.3. The van der Waals surface area contributed by atoms with E-state index in [4.69, 9.17) is 4.98 Å². The van der Waals surface area contributed by atoms with Crippen LogP contribution >= 0.6 is 11.3 Å². The third-order valence-electron chi connectivity index (χ3n) is 5.99. The number of hydrogen-bond donors (Lipinski definition) is 2. The quantitative estimate of drug-likeness (QED) is 0.327. The Labute approximate surface area is 206 Å². The van der Waals surface area contributed by atoms with Gasteiger partial charge in [0, 0.05) is 29.5 Å². The highest BCUT2D eigenvalue weighted by Crippen LogP contribution is 2.32. The first-order valence-corrected chi connectivity index (χ1v) is 12.4. The fourth-order valence-corrected chi connectivity index (χ4v) is 4.98. The Kier molecular flexibility index (Phi) is 5.55. The third-order valence-corrected chi connectivity index (χ3v) is 6.87. The largest absolute Gasteiger partial charge is 0.336 e. The second-order valence-electron chi connectivity index (χ2n) is 8.79. The van der Waals surface area contributed by atoms with Crippen LogP contribution in [0, 0.1) is 0 Å². The van der Waals surface area contributed by atoms with Gasteiger partial charge in [-0.3, -0.25) is 20.1 Å². The fourth-order valence-electron chi connectivity index (χ4n) is 4.26. The predicted molar refractivity (Wildman–Crippen MR) is 140 cm³/mol. The molecule has 0 aliphatic carbocycles. The van der Waals surface area contributed by atoms with Gasteiger partial charge in [0.1, 0.15) is 16.9 Å². The summed E-state index contributed by atoms with van der Waals surface area (Å²) in [5.41, 5.74) is 7.32. The van der Waals surface area contributed by atoms with Gasteiger partial charge in [0.2, 0.25) is 0 Å². The standard InChI is InChI=1S/C26H24N8S/c1-34(2)9-3-5-16-11-17(14-27-13-16)20-12-18-21(15-29-20)32-33-23(18)26-30-19-7-8-28-25(24(19)31-26)22-6-4-10-35-22/h4,6-8,10-15H,3,5,9H2,1-2H3,(H,30,31)(H,32,33). The molecule has 0 unspecified atom stereocenters. The van der Waals surface area contributed by atoms with Gasteiger partial charge in [-0.05, 0) is 68.7 Å². The minimum absolute atomic E-state index is 0.699. The van der Waals surface area contributed by atoms with Crippen molar-refractivity contribution in [1.29, 1.82) is 0 Å². The van der Waals surface area contributed by atoms with Crippen molar-refractivity contribution in [3.05, 3.63) is 66.1 Å². The highest BCUT2D eigenvalue weighted by molar-refractivity contribution is 7.13. The van der Waals surface area contributed by atoms with Crippen LogP contribution in [0.5, 0.6) is 0 Å². The molecule has 6 aromatic rings. The molecule has 0 radical (unpaired) electrons. The van der Waals surface area contributed by atoms with E-state index in [1.807, 2.05) is 42.3 Å². The van der Waals surface area contributed by atoms with E-state index in [1.54, 1.807) is 11.3 Å². The van der Waals surface area contributed by atoms with Crippen LogP contribution in [0.25, 0.3) is 55.3 Å². The van der Waals surface area contributed by atoms with Crippen LogP contribution in [0.15, 0.2) is 60.5 Å². The SMILES string of the molecule is CN(C)CCCc1cncc(-c2cc3c(-c4nc5c(-c6cccs6)nccc5[nH]4)n[nH]c3cn2)c1. The van der Waals surface area contributed by atoms with Crippen molar-refractivity contribution in [2.75, 3.05) is 20.6 Å². The lowest BCUT2D eigenvalue weighted by molar-refractivity contribution is 0.400. The van der Waals surface area contributed by atoms with Crippen LogP contribution in [0.3, 0.4) is 0 Å². The predicted octanol–water partition coefficient (Wildman–Crippen LogP) is 5.18. The van der Waals surface area contributed by atoms with Gasteiger partial charge in [-0.2, -0.15) is 5.10 Å². The number of nitrogens with zero attached hydrogens (tertiary/aromatic N) is 6. The third kappa shape index (κ3) is 4.20. The molecule has 0 aliphatic rings. The van der Waals surface area contributed by atoms with Gasteiger partial charge >= 0.3 is 0 Å². The van der Waals surface area contributed by atoms with Crippen molar-refractivity contribution in [3.63, 3.8) is 0 Å². The van der Waals surface area contributed by atoms with Gasteiger partial charge in [-0.1, -0.05) is 6.07 Å². The van der Waals surface area contributed by atoms with Crippen LogP contribution in [-0.2, 0) is 6.42 Å². The summed E-state index contributed by atoms with van der Waals surface area (Å²) >= 11 is 1.65. The lowest BCUT2D eigenvalue weighted by Gasteiger charge is -2.09. The van der Waals surface area contributed by atoms with Gasteiger partial charge in [0.05, 0.1) is 27.8 Å². The Balaban J connectivity index is 1.38. The van der Waals surface area contributed by atoms with Crippen molar-refractivity contribution in [1.82, 2.24) is 40.0 Å². The molecule has 8 nitrogen and oxygen atoms in total. The van der Waals surface area contributed by atoms with Crippen molar-refractivity contribution < 1.29 is 0 Å². The molecule has 0 spiro atoms. The maximum absolute atomic E-state index is 4.90. The summed E-state index contributed by atoms with van der Waals surface area (Å²) in [6.45, 7) is 1.05. The first kappa shape index (κ1) is 21.6. The van der Waals surface area contributed by atoms with Gasteiger partial charge in [-0.15, -0.1) is 11.3 Å². The number of aryl methyl sites for hydroxylation is 1. The van der Waals surface area contributed by atoms with Crippen LogP contribution in [0.1, 0.15) is 12.0 Å². The lowest BCUT2D eigenvalue weighted by Crippen LogP contribution is -2.13. The lowest BCUT2D eigenvalue weighted by atomic mass is 10.1. The van der Waals surface area contributed by atoms with E-state index in [2.05, 4.69) is 67.3 Å². The fraction of sp³-hybridized carbons (Fsp3) is 0.192. The van der Waals surface area contributed by atoms with E-state index in [0.717, 1.165) is 68.8 Å². The zero-order chi connectivity index (χ0) is 23.8. The maximum atomic E-state index is 4.90. The number of H-pyrrole nitrogens is 2. The van der Waals surface area contributed by atoms with E-state index >= 15 is 0 Å². The number of rotatable bonds is 7. The van der Waals surface area contributed by atoms with E-state index in [1.165, 1.54) is 5.56 Å². The summed E-state index contributed by atoms with van der Waals surface area (Å²) in [4.78, 5) is 25.3. The molecule has 35 heavy (non-hydrogen) atoms. The topological polar surface area (TPSA) is 99.3 Å². The molecular formula is C26H24N8S. The van der Waals surface area contributed by atoms with E-state index in [0.29, 0.717) is 5.82 Å². The van der Waals surface area contributed by atoms with Crippen molar-refractivity contribution in [3.8, 4) is 33.3 Å². The summed E-state index contributed by atoms with van der Waals surface area (Å²) in [7, 11) is 4.19. The first-order chi connectivity index (χ1) is 17.2. The van der Waals surface area contributed by atoms with Gasteiger partial charge in [-0.25, -0.2) is 4.98 Å². The number of thiophene rings is 1. The molecule has 2 N–H and O–H groups in total. The summed E-state index contributed by atoms with van der Waals surface area (Å²) in [5, 5.41) is 10.7. The van der Waals surface area contributed by atoms with Crippen molar-refractivity contribution >= 4 is 33.3 Å². The normalized spacial score (nSPS) is 11.7. The van der Waals surface area contributed by atoms with E-state index < -0.39 is 0 Å². The number of aromatic amines is 2. The molecule has 0 aromatic carbocycles. The average Bonchev–Trinajstić information content (AvgIpc) is 3.62. The average molecular weight is 481 g/mol. The molecule has 0 saturated carbocycles. The number of aromatic nitrogens is 7. The van der Waals surface area contributed by atoms with Gasteiger partial charge in [0.15, 0.2) is 5.82 Å². The first-order valence-electron chi connectivity index (χ1n) is 11.5. The number of pyridine rings is 3. The number of fused-ring (bicyclic) bond motifs is 2. The summed E-state index contributed by atoms with van der Waals surface area (Å²) in [5.74, 6) is 0.699. The summed E-state index contributed by atoms with van der Waals surface area (Å²) < 4.78 is 0. The Bertz CT molecular complexity index is 1610. The number of nitrogens with one attached hydrogen (secondary N) is 2. The molecule has 0 saturated heterocycles. The van der Waals surface area contributed by atoms with E-state index in [9.17, 15) is 0 Å². The number of imidazole rings is 1. The second kappa shape index (κ2) is 9.01. The van der Waals surface area contributed by atoms with Gasteiger partial charge in [0.25, 0.3) is 0 Å². The number of hydrogen-bond acceptors (Lipinski definition) is 7. The highest BCUT2D eigenvalue weighted by atomic mass is 32.1. The summed E-state index contributed by atoms with van der Waals surface area (Å²) in [6.07, 6.45) is 9.50. The molecular weight excluding hydrogens is 456 g/mol. The molecule has 0 fully saturated rings. The molecule has 6 rings (SSSR count). The van der Waals surface area contributed by atoms with E-state index in [-0.39, 0.29) is 0 Å². The molecule has 0 aliphatic heterocycles. The Morgan fingerprint density at radius 1 is 1.00 bits per heavy atom. The molecule has 9 heteroatoms. The van der Waals surface area contributed by atoms with Crippen LogP contribution in [0.4, 0.5) is 0 Å². The van der Waals surface area contributed by atoms with Crippen molar-refractivity contribution in [2.45, 2.75) is 12.8 Å².